The molecule has 0 aromatic rings. The lowest BCUT2D eigenvalue weighted by Crippen LogP contribution is -2.57. The van der Waals surface area contributed by atoms with Crippen molar-refractivity contribution in [3.05, 3.63) is 0 Å². The minimum Gasteiger partial charge on any atom is -0.462 e. The third-order valence-electron chi connectivity index (χ3n) is 8.74. The van der Waals surface area contributed by atoms with E-state index in [9.17, 15) is 9.59 Å². The average molecular weight is 376 g/mol. The van der Waals surface area contributed by atoms with E-state index in [0.717, 1.165) is 32.1 Å². The van der Waals surface area contributed by atoms with Crippen LogP contribution in [0.15, 0.2) is 0 Å². The third-order valence-corrected chi connectivity index (χ3v) is 8.74. The number of carbonyl (C=O) groups excluding carboxylic acids is 2. The average Bonchev–Trinajstić information content (AvgIpc) is 2.91. The van der Waals surface area contributed by atoms with Crippen LogP contribution in [0.4, 0.5) is 0 Å². The van der Waals surface area contributed by atoms with Crippen LogP contribution in [-0.4, -0.2) is 23.5 Å². The molecule has 152 valence electrons. The van der Waals surface area contributed by atoms with Crippen molar-refractivity contribution in [2.75, 3.05) is 0 Å². The van der Waals surface area contributed by atoms with Gasteiger partial charge in [0.2, 0.25) is 5.91 Å². The number of esters is 1. The van der Waals surface area contributed by atoms with E-state index >= 15 is 0 Å². The Morgan fingerprint density at radius 3 is 2.41 bits per heavy atom. The topological polar surface area (TPSA) is 55.4 Å². The van der Waals surface area contributed by atoms with E-state index in [1.165, 1.54) is 12.8 Å². The molecular formula is C23H37NO3. The molecular weight excluding hydrogens is 338 g/mol. The van der Waals surface area contributed by atoms with Crippen molar-refractivity contribution in [2.24, 2.45) is 34.5 Å². The van der Waals surface area contributed by atoms with Gasteiger partial charge in [-0.05, 0) is 88.9 Å². The van der Waals surface area contributed by atoms with Gasteiger partial charge in [-0.15, -0.1) is 0 Å². The first-order valence-corrected chi connectivity index (χ1v) is 11.1. The normalized spacial score (nSPS) is 46.7. The van der Waals surface area contributed by atoms with Crippen LogP contribution in [0.1, 0.15) is 86.0 Å². The fourth-order valence-electron chi connectivity index (χ4n) is 7.44. The molecule has 4 aliphatic rings. The van der Waals surface area contributed by atoms with Crippen LogP contribution in [0.25, 0.3) is 0 Å². The maximum atomic E-state index is 13.0. The van der Waals surface area contributed by atoms with Crippen LogP contribution in [0, 0.1) is 34.5 Å². The smallest absolute Gasteiger partial charge is 0.306 e. The predicted octanol–water partition coefficient (Wildman–Crippen LogP) is 4.47. The van der Waals surface area contributed by atoms with Crippen LogP contribution in [0.5, 0.6) is 0 Å². The summed E-state index contributed by atoms with van der Waals surface area (Å²) in [5, 5.41) is 3.25. The summed E-state index contributed by atoms with van der Waals surface area (Å²) >= 11 is 0. The number of ether oxygens (including phenoxy) is 1. The largest absolute Gasteiger partial charge is 0.462 e. The molecule has 1 aliphatic heterocycles. The van der Waals surface area contributed by atoms with Crippen molar-refractivity contribution in [2.45, 2.75) is 97.6 Å². The Labute approximate surface area is 164 Å². The van der Waals surface area contributed by atoms with Gasteiger partial charge in [0.15, 0.2) is 0 Å². The molecule has 1 amide bonds. The summed E-state index contributed by atoms with van der Waals surface area (Å²) in [5.41, 5.74) is 0.106. The fourth-order valence-corrected chi connectivity index (χ4v) is 7.44. The maximum Gasteiger partial charge on any atom is 0.306 e. The van der Waals surface area contributed by atoms with E-state index in [2.05, 4.69) is 39.9 Å². The lowest BCUT2D eigenvalue weighted by molar-refractivity contribution is -0.192. The van der Waals surface area contributed by atoms with Gasteiger partial charge < -0.3 is 10.1 Å². The molecule has 27 heavy (non-hydrogen) atoms. The van der Waals surface area contributed by atoms with Crippen molar-refractivity contribution in [3.63, 3.8) is 0 Å². The van der Waals surface area contributed by atoms with Gasteiger partial charge in [0.25, 0.3) is 0 Å². The van der Waals surface area contributed by atoms with Crippen LogP contribution >= 0.6 is 0 Å². The van der Waals surface area contributed by atoms with Crippen LogP contribution in [0.3, 0.4) is 0 Å². The van der Waals surface area contributed by atoms with E-state index in [4.69, 9.17) is 4.74 Å². The summed E-state index contributed by atoms with van der Waals surface area (Å²) in [4.78, 5) is 24.9. The van der Waals surface area contributed by atoms with Crippen LogP contribution < -0.4 is 5.32 Å². The van der Waals surface area contributed by atoms with Gasteiger partial charge >= 0.3 is 5.97 Å². The summed E-state index contributed by atoms with van der Waals surface area (Å²) < 4.78 is 5.79. The van der Waals surface area contributed by atoms with Crippen molar-refractivity contribution in [1.82, 2.24) is 5.32 Å². The maximum absolute atomic E-state index is 13.0. The Morgan fingerprint density at radius 2 is 1.70 bits per heavy atom. The number of rotatable bonds is 1. The summed E-state index contributed by atoms with van der Waals surface area (Å²) in [6.07, 6.45) is 8.37. The van der Waals surface area contributed by atoms with Gasteiger partial charge in [-0.2, -0.15) is 0 Å². The number of fused-ring (bicyclic) bond motifs is 5. The van der Waals surface area contributed by atoms with E-state index in [1.54, 1.807) is 0 Å². The highest BCUT2D eigenvalue weighted by Gasteiger charge is 2.62. The molecule has 4 fully saturated rings. The Bertz CT molecular complexity index is 638. The lowest BCUT2D eigenvalue weighted by Gasteiger charge is -2.59. The number of nitrogens with one attached hydrogen (secondary N) is 1. The lowest BCUT2D eigenvalue weighted by atomic mass is 9.47. The number of carbonyl (C=O) groups is 2. The summed E-state index contributed by atoms with van der Waals surface area (Å²) in [6, 6.07) is 0. The molecule has 0 bridgehead atoms. The van der Waals surface area contributed by atoms with Gasteiger partial charge in [0.05, 0.1) is 0 Å². The second-order valence-electron chi connectivity index (χ2n) is 11.4. The van der Waals surface area contributed by atoms with Gasteiger partial charge in [-0.25, -0.2) is 0 Å². The number of hydrogen-bond acceptors (Lipinski definition) is 3. The van der Waals surface area contributed by atoms with Crippen molar-refractivity contribution in [1.29, 1.82) is 0 Å². The molecule has 0 radical (unpaired) electrons. The molecule has 4 heteroatoms. The van der Waals surface area contributed by atoms with Gasteiger partial charge in [-0.3, -0.25) is 9.59 Å². The third kappa shape index (κ3) is 3.02. The van der Waals surface area contributed by atoms with Crippen molar-refractivity contribution in [3.8, 4) is 0 Å². The molecule has 0 aromatic carbocycles. The molecule has 1 N–H and O–H groups in total. The molecule has 7 atom stereocenters. The fraction of sp³-hybridized carbons (Fsp3) is 0.913. The van der Waals surface area contributed by atoms with E-state index < -0.39 is 0 Å². The summed E-state index contributed by atoms with van der Waals surface area (Å²) in [6.45, 7) is 11.0. The first-order chi connectivity index (χ1) is 12.5. The molecule has 0 spiro atoms. The van der Waals surface area contributed by atoms with Gasteiger partial charge in [-0.1, -0.05) is 13.8 Å². The first-order valence-electron chi connectivity index (χ1n) is 11.1. The Hall–Kier alpha value is -1.06. The molecule has 3 aliphatic carbocycles. The molecule has 4 rings (SSSR count). The van der Waals surface area contributed by atoms with E-state index in [1.807, 2.05) is 0 Å². The summed E-state index contributed by atoms with van der Waals surface area (Å²) in [7, 11) is 0. The highest BCUT2D eigenvalue weighted by Crippen LogP contribution is 2.66. The van der Waals surface area contributed by atoms with Gasteiger partial charge in [0, 0.05) is 23.3 Å². The second-order valence-corrected chi connectivity index (χ2v) is 11.4. The Kier molecular flexibility index (Phi) is 4.44. The predicted molar refractivity (Wildman–Crippen MR) is 105 cm³/mol. The molecule has 1 saturated heterocycles. The van der Waals surface area contributed by atoms with E-state index in [-0.39, 0.29) is 40.3 Å². The zero-order chi connectivity index (χ0) is 19.6. The summed E-state index contributed by atoms with van der Waals surface area (Å²) in [5.74, 6) is 2.38. The molecule has 0 aromatic heterocycles. The molecule has 1 heterocycles. The molecule has 4 nitrogen and oxygen atoms in total. The second kappa shape index (κ2) is 6.22. The zero-order valence-corrected chi connectivity index (χ0v) is 17.8. The van der Waals surface area contributed by atoms with Crippen LogP contribution in [0.2, 0.25) is 0 Å². The highest BCUT2D eigenvalue weighted by atomic mass is 16.5. The molecule has 0 unspecified atom stereocenters. The van der Waals surface area contributed by atoms with Crippen molar-refractivity contribution < 1.29 is 14.3 Å². The first kappa shape index (κ1) is 19.3. The van der Waals surface area contributed by atoms with Gasteiger partial charge in [0.1, 0.15) is 6.10 Å². The minimum atomic E-state index is -0.166. The standard InChI is InChI=1S/C23H37NO3/c1-21(2,3)24-20(26)17-8-7-15-14-6-9-18-23(5,13-11-19(25)27-18)16(14)10-12-22(15,17)4/h14-18H,6-13H2,1-5H3,(H,24,26)/t14-,15-,16-,17+,18+,22-,23+/m0/s1. The number of hydrogen-bond donors (Lipinski definition) is 1. The Balaban J connectivity index is 1.55. The van der Waals surface area contributed by atoms with E-state index in [0.29, 0.717) is 24.2 Å². The zero-order valence-electron chi connectivity index (χ0n) is 17.8. The minimum absolute atomic E-state index is 0.00338. The van der Waals surface area contributed by atoms with Crippen molar-refractivity contribution >= 4 is 11.9 Å². The quantitative estimate of drug-likeness (QED) is 0.688. The van der Waals surface area contributed by atoms with Crippen LogP contribution in [-0.2, 0) is 14.3 Å². The highest BCUT2D eigenvalue weighted by molar-refractivity contribution is 5.80. The Morgan fingerprint density at radius 1 is 1.00 bits per heavy atom. The monoisotopic (exact) mass is 375 g/mol. The number of amides is 1. The molecule has 3 saturated carbocycles. The SMILES string of the molecule is CC(C)(C)NC(=O)[C@H]1CC[C@H]2[C@@H]3CC[C@H]4OC(=O)CC[C@]4(C)[C@H]3CC[C@]12C.